The van der Waals surface area contributed by atoms with Crippen molar-refractivity contribution in [3.05, 3.63) is 33.8 Å². The molecule has 72 valence electrons. The van der Waals surface area contributed by atoms with Crippen LogP contribution in [0.3, 0.4) is 0 Å². The maximum absolute atomic E-state index is 10.8. The Hall–Kier alpha value is -1.05. The van der Waals surface area contributed by atoms with Gasteiger partial charge in [0.05, 0.1) is 16.1 Å². The number of halogens is 2. The van der Waals surface area contributed by atoms with Gasteiger partial charge in [-0.2, -0.15) is 5.26 Å². The lowest BCUT2D eigenvalue weighted by Gasteiger charge is -2.03. The molecule has 0 radical (unpaired) electrons. The Kier molecular flexibility index (Phi) is 3.50. The van der Waals surface area contributed by atoms with Crippen LogP contribution in [0.2, 0.25) is 5.02 Å². The van der Waals surface area contributed by atoms with Gasteiger partial charge in [0.15, 0.2) is 0 Å². The van der Waals surface area contributed by atoms with Gasteiger partial charge in [-0.15, -0.1) is 0 Å². The standard InChI is InChI=1S/C9H5BrClNO2/c10-3-5-1-6(4-12)8(9(13)14)7(11)2-5/h1-2H,3H2,(H,13,14). The molecule has 3 nitrogen and oxygen atoms in total. The summed E-state index contributed by atoms with van der Waals surface area (Å²) in [5.74, 6) is -1.19. The zero-order valence-electron chi connectivity index (χ0n) is 6.92. The summed E-state index contributed by atoms with van der Waals surface area (Å²) in [6.45, 7) is 0. The van der Waals surface area contributed by atoms with Gasteiger partial charge >= 0.3 is 5.97 Å². The van der Waals surface area contributed by atoms with E-state index in [-0.39, 0.29) is 16.1 Å². The molecule has 0 spiro atoms. The topological polar surface area (TPSA) is 61.1 Å². The molecule has 0 unspecified atom stereocenters. The molecule has 0 bridgehead atoms. The summed E-state index contributed by atoms with van der Waals surface area (Å²) in [7, 11) is 0. The number of carboxylic acid groups (broad SMARTS) is 1. The molecule has 0 saturated heterocycles. The third-order valence-corrected chi connectivity index (χ3v) is 2.58. The Bertz CT molecular complexity index is 426. The zero-order chi connectivity index (χ0) is 10.7. The first-order valence-electron chi connectivity index (χ1n) is 3.62. The Balaban J connectivity index is 3.44. The average molecular weight is 275 g/mol. The largest absolute Gasteiger partial charge is 0.478 e. The monoisotopic (exact) mass is 273 g/mol. The number of alkyl halides is 1. The van der Waals surface area contributed by atoms with Crippen molar-refractivity contribution < 1.29 is 9.90 Å². The van der Waals surface area contributed by atoms with Gasteiger partial charge < -0.3 is 5.11 Å². The van der Waals surface area contributed by atoms with E-state index in [1.807, 2.05) is 0 Å². The summed E-state index contributed by atoms with van der Waals surface area (Å²) >= 11 is 8.94. The molecule has 1 aromatic rings. The minimum absolute atomic E-state index is 0.0828. The molecular weight excluding hydrogens is 269 g/mol. The fraction of sp³-hybridized carbons (Fsp3) is 0.111. The quantitative estimate of drug-likeness (QED) is 0.844. The number of hydrogen-bond donors (Lipinski definition) is 1. The van der Waals surface area contributed by atoms with Crippen molar-refractivity contribution in [2.75, 3.05) is 0 Å². The molecule has 0 atom stereocenters. The first kappa shape index (κ1) is 11.0. The minimum Gasteiger partial charge on any atom is -0.478 e. The molecular formula is C9H5BrClNO2. The van der Waals surface area contributed by atoms with Gasteiger partial charge in [0, 0.05) is 5.33 Å². The lowest BCUT2D eigenvalue weighted by molar-refractivity contribution is 0.0697. The summed E-state index contributed by atoms with van der Waals surface area (Å²) in [6, 6.07) is 4.84. The third kappa shape index (κ3) is 2.06. The number of rotatable bonds is 2. The Morgan fingerprint density at radius 1 is 1.64 bits per heavy atom. The van der Waals surface area contributed by atoms with Crippen molar-refractivity contribution in [1.29, 1.82) is 5.26 Å². The molecule has 0 aliphatic heterocycles. The highest BCUT2D eigenvalue weighted by Crippen LogP contribution is 2.23. The average Bonchev–Trinajstić information content (AvgIpc) is 2.15. The van der Waals surface area contributed by atoms with Crippen molar-refractivity contribution in [3.63, 3.8) is 0 Å². The van der Waals surface area contributed by atoms with E-state index in [9.17, 15) is 4.79 Å². The number of aromatic carboxylic acids is 1. The van der Waals surface area contributed by atoms with Crippen LogP contribution in [0, 0.1) is 11.3 Å². The summed E-state index contributed by atoms with van der Waals surface area (Å²) in [6.07, 6.45) is 0. The van der Waals surface area contributed by atoms with E-state index in [4.69, 9.17) is 22.0 Å². The maximum atomic E-state index is 10.8. The van der Waals surface area contributed by atoms with Crippen LogP contribution in [0.4, 0.5) is 0 Å². The Morgan fingerprint density at radius 2 is 2.29 bits per heavy atom. The second-order valence-electron chi connectivity index (χ2n) is 2.55. The lowest BCUT2D eigenvalue weighted by atomic mass is 10.1. The van der Waals surface area contributed by atoms with Crippen molar-refractivity contribution in [2.24, 2.45) is 0 Å². The van der Waals surface area contributed by atoms with Crippen LogP contribution in [0.1, 0.15) is 21.5 Å². The van der Waals surface area contributed by atoms with Crippen LogP contribution in [-0.2, 0) is 5.33 Å². The number of carbonyl (C=O) groups is 1. The van der Waals surface area contributed by atoms with Crippen molar-refractivity contribution in [2.45, 2.75) is 5.33 Å². The van der Waals surface area contributed by atoms with E-state index in [1.54, 1.807) is 6.07 Å². The van der Waals surface area contributed by atoms with Crippen molar-refractivity contribution in [3.8, 4) is 6.07 Å². The summed E-state index contributed by atoms with van der Waals surface area (Å²) in [4.78, 5) is 10.8. The van der Waals surface area contributed by atoms with E-state index in [1.165, 1.54) is 12.1 Å². The van der Waals surface area contributed by atoms with Crippen molar-refractivity contribution >= 4 is 33.5 Å². The Morgan fingerprint density at radius 3 is 2.71 bits per heavy atom. The number of hydrogen-bond acceptors (Lipinski definition) is 2. The van der Waals surface area contributed by atoms with E-state index in [2.05, 4.69) is 15.9 Å². The first-order chi connectivity index (χ1) is 6.60. The molecule has 0 heterocycles. The van der Waals surface area contributed by atoms with Gasteiger partial charge in [-0.1, -0.05) is 27.5 Å². The van der Waals surface area contributed by atoms with E-state index < -0.39 is 5.97 Å². The van der Waals surface area contributed by atoms with E-state index in [0.717, 1.165) is 5.56 Å². The van der Waals surface area contributed by atoms with Gasteiger partial charge in [0.1, 0.15) is 6.07 Å². The van der Waals surface area contributed by atoms with Gasteiger partial charge in [-0.25, -0.2) is 4.79 Å². The Labute approximate surface area is 94.0 Å². The molecule has 1 rings (SSSR count). The first-order valence-corrected chi connectivity index (χ1v) is 5.12. The highest BCUT2D eigenvalue weighted by molar-refractivity contribution is 9.08. The molecule has 0 aromatic heterocycles. The highest BCUT2D eigenvalue weighted by atomic mass is 79.9. The van der Waals surface area contributed by atoms with Crippen LogP contribution in [0.5, 0.6) is 0 Å². The third-order valence-electron chi connectivity index (χ3n) is 1.64. The SMILES string of the molecule is N#Cc1cc(CBr)cc(Cl)c1C(=O)O. The minimum atomic E-state index is -1.19. The van der Waals surface area contributed by atoms with Crippen LogP contribution in [-0.4, -0.2) is 11.1 Å². The molecule has 0 fully saturated rings. The summed E-state index contributed by atoms with van der Waals surface area (Å²) in [5.41, 5.74) is 0.717. The molecule has 14 heavy (non-hydrogen) atoms. The van der Waals surface area contributed by atoms with Crippen molar-refractivity contribution in [1.82, 2.24) is 0 Å². The molecule has 1 N–H and O–H groups in total. The molecule has 0 amide bonds. The summed E-state index contributed by atoms with van der Waals surface area (Å²) in [5, 5.41) is 18.1. The number of carboxylic acids is 1. The highest BCUT2D eigenvalue weighted by Gasteiger charge is 2.15. The smallest absolute Gasteiger partial charge is 0.338 e. The van der Waals surface area contributed by atoms with E-state index >= 15 is 0 Å². The summed E-state index contributed by atoms with van der Waals surface area (Å²) < 4.78 is 0. The van der Waals surface area contributed by atoms with Gasteiger partial charge in [-0.05, 0) is 17.7 Å². The molecule has 0 aliphatic rings. The fourth-order valence-corrected chi connectivity index (χ4v) is 1.69. The zero-order valence-corrected chi connectivity index (χ0v) is 9.26. The molecule has 5 heteroatoms. The van der Waals surface area contributed by atoms with Crippen LogP contribution < -0.4 is 0 Å². The predicted octanol–water partition coefficient (Wildman–Crippen LogP) is 2.80. The van der Waals surface area contributed by atoms with Gasteiger partial charge in [-0.3, -0.25) is 0 Å². The number of nitriles is 1. The normalized spacial score (nSPS) is 9.50. The molecule has 1 aromatic carbocycles. The number of nitrogens with zero attached hydrogens (tertiary/aromatic N) is 1. The lowest BCUT2D eigenvalue weighted by Crippen LogP contribution is -2.02. The molecule has 0 aliphatic carbocycles. The van der Waals surface area contributed by atoms with Crippen LogP contribution >= 0.6 is 27.5 Å². The fourth-order valence-electron chi connectivity index (χ4n) is 1.05. The van der Waals surface area contributed by atoms with E-state index in [0.29, 0.717) is 5.33 Å². The molecule has 0 saturated carbocycles. The van der Waals surface area contributed by atoms with Crippen LogP contribution in [0.25, 0.3) is 0 Å². The second kappa shape index (κ2) is 4.45. The number of benzene rings is 1. The van der Waals surface area contributed by atoms with Crippen LogP contribution in [0.15, 0.2) is 12.1 Å². The van der Waals surface area contributed by atoms with Gasteiger partial charge in [0.2, 0.25) is 0 Å². The predicted molar refractivity (Wildman–Crippen MR) is 55.8 cm³/mol. The second-order valence-corrected chi connectivity index (χ2v) is 3.52. The van der Waals surface area contributed by atoms with Gasteiger partial charge in [0.25, 0.3) is 0 Å². The maximum Gasteiger partial charge on any atom is 0.338 e.